The molecule has 0 aliphatic carbocycles. The van der Waals surface area contributed by atoms with Crippen LogP contribution in [0.25, 0.3) is 0 Å². The second-order valence-electron chi connectivity index (χ2n) is 7.24. The van der Waals surface area contributed by atoms with Gasteiger partial charge in [-0.1, -0.05) is 29.8 Å². The summed E-state index contributed by atoms with van der Waals surface area (Å²) in [4.78, 5) is 18.4. The Kier molecular flexibility index (Phi) is 5.47. The number of nitrogens with one attached hydrogen (secondary N) is 2. The molecule has 9 heteroatoms. The number of aliphatic hydroxyl groups excluding tert-OH is 1. The van der Waals surface area contributed by atoms with Crippen LogP contribution in [-0.4, -0.2) is 45.9 Å². The monoisotopic (exact) mass is 411 g/mol. The van der Waals surface area contributed by atoms with E-state index in [-0.39, 0.29) is 18.3 Å². The second-order valence-corrected chi connectivity index (χ2v) is 7.24. The molecule has 0 saturated carbocycles. The molecule has 1 aliphatic heterocycles. The summed E-state index contributed by atoms with van der Waals surface area (Å²) in [6, 6.07) is 11.2. The van der Waals surface area contributed by atoms with E-state index in [1.165, 1.54) is 35.7 Å². The number of anilines is 1. The third-order valence-electron chi connectivity index (χ3n) is 4.96. The first kappa shape index (κ1) is 20.0. The number of hydrogen-bond acceptors (Lipinski definition) is 6. The van der Waals surface area contributed by atoms with Gasteiger partial charge in [0.25, 0.3) is 0 Å². The minimum atomic E-state index is -1.28. The zero-order valence-electron chi connectivity index (χ0n) is 16.6. The highest BCUT2D eigenvalue weighted by Crippen LogP contribution is 2.31. The van der Waals surface area contributed by atoms with Crippen LogP contribution in [-0.2, 0) is 11.2 Å². The lowest BCUT2D eigenvalue weighted by Gasteiger charge is -2.22. The average Bonchev–Trinajstić information content (AvgIpc) is 3.17. The molecule has 0 bridgehead atoms. The standard InChI is InChI=1S/C21H22FN5O3/c1-12-3-5-13(6-4-12)9-18-24-19(26-25-18)20(28)23-15-11-30-17-8-7-14(22)10-16(17)27(2)21(15)29/h3-8,10,15,20,23,28H,9,11H2,1-2H3,(H,24,25,26). The van der Waals surface area contributed by atoms with Crippen molar-refractivity contribution >= 4 is 11.6 Å². The van der Waals surface area contributed by atoms with E-state index in [4.69, 9.17) is 4.74 Å². The van der Waals surface area contributed by atoms with Gasteiger partial charge < -0.3 is 14.7 Å². The summed E-state index contributed by atoms with van der Waals surface area (Å²) in [7, 11) is 1.53. The topological polar surface area (TPSA) is 103 Å². The fraction of sp³-hybridized carbons (Fsp3) is 0.286. The normalized spacial score (nSPS) is 17.3. The van der Waals surface area contributed by atoms with Crippen LogP contribution in [0.5, 0.6) is 5.75 Å². The maximum absolute atomic E-state index is 13.6. The number of likely N-dealkylation sites (N-methyl/N-ethyl adjacent to an activating group) is 1. The number of carbonyl (C=O) groups is 1. The van der Waals surface area contributed by atoms with Gasteiger partial charge in [-0.2, -0.15) is 5.10 Å². The Bertz CT molecular complexity index is 1050. The number of aromatic amines is 1. The molecule has 0 fully saturated rings. The molecule has 0 radical (unpaired) electrons. The molecule has 1 amide bonds. The van der Waals surface area contributed by atoms with E-state index < -0.39 is 18.1 Å². The van der Waals surface area contributed by atoms with Crippen LogP contribution in [0, 0.1) is 12.7 Å². The molecule has 1 aromatic heterocycles. The molecule has 3 aromatic rings. The van der Waals surface area contributed by atoms with Gasteiger partial charge in [-0.3, -0.25) is 15.2 Å². The molecule has 4 rings (SSSR count). The molecule has 156 valence electrons. The number of ether oxygens (including phenoxy) is 1. The first-order valence-corrected chi connectivity index (χ1v) is 9.51. The van der Waals surface area contributed by atoms with Crippen LogP contribution in [0.2, 0.25) is 0 Å². The van der Waals surface area contributed by atoms with E-state index >= 15 is 0 Å². The molecule has 2 aromatic carbocycles. The van der Waals surface area contributed by atoms with Crippen LogP contribution in [0.1, 0.15) is 29.0 Å². The SMILES string of the molecule is Cc1ccc(Cc2nc(C(O)NC3COc4ccc(F)cc4N(C)C3=O)n[nH]2)cc1. The Hall–Kier alpha value is -3.30. The minimum absolute atomic E-state index is 0.0283. The van der Waals surface area contributed by atoms with Crippen molar-refractivity contribution in [3.05, 3.63) is 71.1 Å². The van der Waals surface area contributed by atoms with Gasteiger partial charge in [-0.05, 0) is 24.6 Å². The molecule has 0 saturated heterocycles. The Morgan fingerprint density at radius 1 is 1.33 bits per heavy atom. The van der Waals surface area contributed by atoms with E-state index in [1.807, 2.05) is 31.2 Å². The number of aliphatic hydroxyl groups is 1. The number of nitrogens with zero attached hydrogens (tertiary/aromatic N) is 3. The number of H-pyrrole nitrogens is 1. The summed E-state index contributed by atoms with van der Waals surface area (Å²) < 4.78 is 19.2. The Balaban J connectivity index is 1.44. The number of aromatic nitrogens is 3. The lowest BCUT2D eigenvalue weighted by molar-refractivity contribution is -0.121. The van der Waals surface area contributed by atoms with Gasteiger partial charge >= 0.3 is 0 Å². The predicted molar refractivity (Wildman–Crippen MR) is 108 cm³/mol. The summed E-state index contributed by atoms with van der Waals surface area (Å²) >= 11 is 0. The maximum Gasteiger partial charge on any atom is 0.247 e. The van der Waals surface area contributed by atoms with E-state index in [1.54, 1.807) is 0 Å². The van der Waals surface area contributed by atoms with Crippen molar-refractivity contribution in [3.8, 4) is 5.75 Å². The molecular weight excluding hydrogens is 389 g/mol. The molecule has 8 nitrogen and oxygen atoms in total. The molecule has 2 unspecified atom stereocenters. The van der Waals surface area contributed by atoms with Gasteiger partial charge in [0.05, 0.1) is 5.69 Å². The number of aryl methyl sites for hydroxylation is 1. The fourth-order valence-corrected chi connectivity index (χ4v) is 3.27. The second kappa shape index (κ2) is 8.21. The van der Waals surface area contributed by atoms with E-state index in [2.05, 4.69) is 20.5 Å². The smallest absolute Gasteiger partial charge is 0.247 e. The number of amides is 1. The van der Waals surface area contributed by atoms with Crippen molar-refractivity contribution in [2.75, 3.05) is 18.6 Å². The molecule has 0 spiro atoms. The van der Waals surface area contributed by atoms with Crippen LogP contribution in [0.15, 0.2) is 42.5 Å². The lowest BCUT2D eigenvalue weighted by Crippen LogP contribution is -2.48. The summed E-state index contributed by atoms with van der Waals surface area (Å²) in [5, 5.41) is 20.2. The van der Waals surface area contributed by atoms with Gasteiger partial charge in [0.1, 0.15) is 30.0 Å². The van der Waals surface area contributed by atoms with Gasteiger partial charge in [-0.15, -0.1) is 0 Å². The number of hydrogen-bond donors (Lipinski definition) is 3. The minimum Gasteiger partial charge on any atom is -0.489 e. The van der Waals surface area contributed by atoms with Crippen LogP contribution < -0.4 is 15.0 Å². The summed E-state index contributed by atoms with van der Waals surface area (Å²) in [5.41, 5.74) is 2.56. The zero-order chi connectivity index (χ0) is 21.3. The van der Waals surface area contributed by atoms with Crippen molar-refractivity contribution in [2.24, 2.45) is 0 Å². The van der Waals surface area contributed by atoms with Gasteiger partial charge in [0.15, 0.2) is 12.1 Å². The fourth-order valence-electron chi connectivity index (χ4n) is 3.27. The predicted octanol–water partition coefficient (Wildman–Crippen LogP) is 1.85. The first-order chi connectivity index (χ1) is 14.4. The summed E-state index contributed by atoms with van der Waals surface area (Å²) in [6.45, 7) is 1.99. The molecular formula is C21H22FN5O3. The third-order valence-corrected chi connectivity index (χ3v) is 4.96. The van der Waals surface area contributed by atoms with Crippen molar-refractivity contribution < 1.29 is 19.0 Å². The number of fused-ring (bicyclic) bond motifs is 1. The third kappa shape index (κ3) is 4.17. The molecule has 2 atom stereocenters. The number of carbonyl (C=O) groups excluding carboxylic acids is 1. The summed E-state index contributed by atoms with van der Waals surface area (Å²) in [6.07, 6.45) is -0.744. The molecule has 30 heavy (non-hydrogen) atoms. The zero-order valence-corrected chi connectivity index (χ0v) is 16.6. The largest absolute Gasteiger partial charge is 0.489 e. The highest BCUT2D eigenvalue weighted by Gasteiger charge is 2.32. The van der Waals surface area contributed by atoms with Crippen molar-refractivity contribution in [3.63, 3.8) is 0 Å². The van der Waals surface area contributed by atoms with Crippen LogP contribution in [0.4, 0.5) is 10.1 Å². The molecule has 1 aliphatic rings. The number of rotatable bonds is 5. The van der Waals surface area contributed by atoms with Crippen molar-refractivity contribution in [1.82, 2.24) is 20.5 Å². The maximum atomic E-state index is 13.6. The Labute approximate surface area is 172 Å². The van der Waals surface area contributed by atoms with Crippen LogP contribution in [0.3, 0.4) is 0 Å². The van der Waals surface area contributed by atoms with Crippen LogP contribution >= 0.6 is 0 Å². The number of benzene rings is 2. The molecule has 3 N–H and O–H groups in total. The molecule has 2 heterocycles. The quantitative estimate of drug-likeness (QED) is 0.554. The van der Waals surface area contributed by atoms with Gasteiger partial charge in [-0.25, -0.2) is 9.37 Å². The Morgan fingerprint density at radius 2 is 2.10 bits per heavy atom. The number of halogens is 1. The summed E-state index contributed by atoms with van der Waals surface area (Å²) in [5.74, 6) is 0.280. The van der Waals surface area contributed by atoms with Gasteiger partial charge in [0.2, 0.25) is 5.91 Å². The highest BCUT2D eigenvalue weighted by atomic mass is 19.1. The lowest BCUT2D eigenvalue weighted by atomic mass is 10.1. The average molecular weight is 411 g/mol. The van der Waals surface area contributed by atoms with E-state index in [0.29, 0.717) is 23.7 Å². The first-order valence-electron chi connectivity index (χ1n) is 9.51. The van der Waals surface area contributed by atoms with Crippen molar-refractivity contribution in [1.29, 1.82) is 0 Å². The Morgan fingerprint density at radius 3 is 2.87 bits per heavy atom. The van der Waals surface area contributed by atoms with Gasteiger partial charge in [0, 0.05) is 19.5 Å². The van der Waals surface area contributed by atoms with E-state index in [0.717, 1.165) is 5.56 Å². The van der Waals surface area contributed by atoms with Crippen molar-refractivity contribution in [2.45, 2.75) is 25.6 Å². The highest BCUT2D eigenvalue weighted by molar-refractivity contribution is 5.98. The van der Waals surface area contributed by atoms with E-state index in [9.17, 15) is 14.3 Å².